The molecule has 112 valence electrons. The van der Waals surface area contributed by atoms with Crippen molar-refractivity contribution >= 4 is 33.2 Å². The predicted octanol–water partition coefficient (Wildman–Crippen LogP) is 4.63. The fraction of sp³-hybridized carbons (Fsp3) is 0.643. The van der Waals surface area contributed by atoms with Gasteiger partial charge in [0.15, 0.2) is 0 Å². The summed E-state index contributed by atoms with van der Waals surface area (Å²) < 4.78 is 28.7. The van der Waals surface area contributed by atoms with Crippen LogP contribution in [0.15, 0.2) is 10.5 Å². The highest BCUT2D eigenvalue weighted by atomic mass is 79.9. The fourth-order valence-corrected chi connectivity index (χ4v) is 4.42. The van der Waals surface area contributed by atoms with Crippen molar-refractivity contribution in [2.75, 3.05) is 0 Å². The number of nitrogens with one attached hydrogen (secondary N) is 1. The quantitative estimate of drug-likeness (QED) is 0.831. The summed E-state index contributed by atoms with van der Waals surface area (Å²) in [7, 11) is 0. The lowest BCUT2D eigenvalue weighted by molar-refractivity contribution is -0.0784. The maximum atomic E-state index is 13.9. The van der Waals surface area contributed by atoms with Crippen LogP contribution in [0.3, 0.4) is 0 Å². The van der Waals surface area contributed by atoms with Crippen LogP contribution >= 0.6 is 27.3 Å². The van der Waals surface area contributed by atoms with Gasteiger partial charge in [-0.1, -0.05) is 13.8 Å². The van der Waals surface area contributed by atoms with Gasteiger partial charge >= 0.3 is 0 Å². The number of amides is 1. The normalized spacial score (nSPS) is 25.4. The summed E-state index contributed by atoms with van der Waals surface area (Å²) in [5.41, 5.74) is 0. The van der Waals surface area contributed by atoms with E-state index in [0.717, 1.165) is 22.2 Å². The Kier molecular flexibility index (Phi) is 4.84. The Bertz CT molecular complexity index is 503. The van der Waals surface area contributed by atoms with Gasteiger partial charge in [-0.2, -0.15) is 0 Å². The van der Waals surface area contributed by atoms with E-state index >= 15 is 0 Å². The van der Waals surface area contributed by atoms with Gasteiger partial charge < -0.3 is 5.32 Å². The zero-order valence-corrected chi connectivity index (χ0v) is 13.9. The molecule has 0 bridgehead atoms. The van der Waals surface area contributed by atoms with Crippen LogP contribution in [-0.2, 0) is 6.42 Å². The van der Waals surface area contributed by atoms with Gasteiger partial charge in [0.2, 0.25) is 0 Å². The Morgan fingerprint density at radius 2 is 2.30 bits per heavy atom. The van der Waals surface area contributed by atoms with Gasteiger partial charge in [0, 0.05) is 15.8 Å². The average molecular weight is 366 g/mol. The monoisotopic (exact) mass is 365 g/mol. The number of carbonyl (C=O) groups is 1. The van der Waals surface area contributed by atoms with Crippen molar-refractivity contribution in [1.29, 1.82) is 0 Å². The molecule has 2 rings (SSSR count). The molecule has 20 heavy (non-hydrogen) atoms. The van der Waals surface area contributed by atoms with E-state index in [2.05, 4.69) is 21.2 Å². The SMILES string of the molecule is CCc1sc(C(=O)NC2[C@@H](C)CCCC2(F)F)cc1Br. The van der Waals surface area contributed by atoms with Crippen LogP contribution in [-0.4, -0.2) is 17.9 Å². The molecular weight excluding hydrogens is 348 g/mol. The van der Waals surface area contributed by atoms with Gasteiger partial charge in [-0.05, 0) is 47.2 Å². The largest absolute Gasteiger partial charge is 0.342 e. The first kappa shape index (κ1) is 15.9. The Balaban J connectivity index is 2.13. The first-order valence-electron chi connectivity index (χ1n) is 6.82. The third kappa shape index (κ3) is 3.22. The lowest BCUT2D eigenvalue weighted by Gasteiger charge is -2.36. The highest BCUT2D eigenvalue weighted by molar-refractivity contribution is 9.10. The molecule has 6 heteroatoms. The minimum atomic E-state index is -2.81. The van der Waals surface area contributed by atoms with Crippen molar-refractivity contribution < 1.29 is 13.6 Å². The zero-order chi connectivity index (χ0) is 14.9. The van der Waals surface area contributed by atoms with E-state index in [1.54, 1.807) is 13.0 Å². The summed E-state index contributed by atoms with van der Waals surface area (Å²) in [4.78, 5) is 13.7. The smallest absolute Gasteiger partial charge is 0.268 e. The minimum absolute atomic E-state index is 0.142. The summed E-state index contributed by atoms with van der Waals surface area (Å²) >= 11 is 4.74. The number of halogens is 3. The first-order chi connectivity index (χ1) is 9.35. The number of hydrogen-bond donors (Lipinski definition) is 1. The molecule has 1 heterocycles. The van der Waals surface area contributed by atoms with Gasteiger partial charge in [-0.15, -0.1) is 11.3 Å². The molecule has 1 aliphatic rings. The molecule has 1 aromatic rings. The van der Waals surface area contributed by atoms with E-state index in [0.29, 0.717) is 11.3 Å². The minimum Gasteiger partial charge on any atom is -0.342 e. The summed E-state index contributed by atoms with van der Waals surface area (Å²) in [5.74, 6) is -3.40. The van der Waals surface area contributed by atoms with E-state index < -0.39 is 17.9 Å². The van der Waals surface area contributed by atoms with Crippen LogP contribution in [0.1, 0.15) is 47.7 Å². The number of carbonyl (C=O) groups excluding carboxylic acids is 1. The number of hydrogen-bond acceptors (Lipinski definition) is 2. The maximum Gasteiger partial charge on any atom is 0.268 e. The number of alkyl halides is 2. The molecule has 2 nitrogen and oxygen atoms in total. The molecule has 1 amide bonds. The lowest BCUT2D eigenvalue weighted by Crippen LogP contribution is -2.53. The Labute approximate surface area is 130 Å². The molecule has 0 spiro atoms. The molecule has 0 aliphatic heterocycles. The highest BCUT2D eigenvalue weighted by Crippen LogP contribution is 2.37. The van der Waals surface area contributed by atoms with E-state index in [1.807, 2.05) is 6.92 Å². The van der Waals surface area contributed by atoms with Crippen molar-refractivity contribution in [2.24, 2.45) is 5.92 Å². The Morgan fingerprint density at radius 1 is 1.60 bits per heavy atom. The van der Waals surface area contributed by atoms with E-state index in [9.17, 15) is 13.6 Å². The van der Waals surface area contributed by atoms with Crippen molar-refractivity contribution in [3.63, 3.8) is 0 Å². The summed E-state index contributed by atoms with van der Waals surface area (Å²) in [6.07, 6.45) is 1.92. The molecule has 0 saturated heterocycles. The van der Waals surface area contributed by atoms with Gasteiger partial charge in [0.1, 0.15) is 0 Å². The van der Waals surface area contributed by atoms with Crippen LogP contribution in [0.4, 0.5) is 8.78 Å². The topological polar surface area (TPSA) is 29.1 Å². The molecule has 1 fully saturated rings. The Morgan fingerprint density at radius 3 is 2.85 bits per heavy atom. The third-order valence-electron chi connectivity index (χ3n) is 3.78. The number of aryl methyl sites for hydroxylation is 1. The zero-order valence-electron chi connectivity index (χ0n) is 11.5. The predicted molar refractivity (Wildman–Crippen MR) is 80.6 cm³/mol. The second kappa shape index (κ2) is 6.10. The van der Waals surface area contributed by atoms with E-state index in [4.69, 9.17) is 0 Å². The van der Waals surface area contributed by atoms with Crippen molar-refractivity contribution in [1.82, 2.24) is 5.32 Å². The second-order valence-electron chi connectivity index (χ2n) is 5.32. The van der Waals surface area contributed by atoms with Crippen LogP contribution < -0.4 is 5.32 Å². The summed E-state index contributed by atoms with van der Waals surface area (Å²) in [6, 6.07) is 0.652. The van der Waals surface area contributed by atoms with Crippen molar-refractivity contribution in [3.8, 4) is 0 Å². The van der Waals surface area contributed by atoms with Crippen molar-refractivity contribution in [3.05, 3.63) is 20.3 Å². The first-order valence-corrected chi connectivity index (χ1v) is 8.43. The molecule has 1 saturated carbocycles. The van der Waals surface area contributed by atoms with Crippen LogP contribution in [0, 0.1) is 5.92 Å². The van der Waals surface area contributed by atoms with Gasteiger partial charge in [0.05, 0.1) is 10.9 Å². The molecule has 0 aromatic carbocycles. The number of thiophene rings is 1. The number of rotatable bonds is 3. The fourth-order valence-electron chi connectivity index (χ4n) is 2.62. The maximum absolute atomic E-state index is 13.9. The van der Waals surface area contributed by atoms with Gasteiger partial charge in [0.25, 0.3) is 11.8 Å². The van der Waals surface area contributed by atoms with Crippen LogP contribution in [0.5, 0.6) is 0 Å². The molecule has 1 unspecified atom stereocenters. The summed E-state index contributed by atoms with van der Waals surface area (Å²) in [5, 5.41) is 2.54. The molecule has 1 aromatic heterocycles. The highest BCUT2D eigenvalue weighted by Gasteiger charge is 2.46. The van der Waals surface area contributed by atoms with Gasteiger partial charge in [-0.25, -0.2) is 8.78 Å². The molecular formula is C14H18BrF2NOS. The Hall–Kier alpha value is -0.490. The lowest BCUT2D eigenvalue weighted by atomic mass is 9.83. The van der Waals surface area contributed by atoms with E-state index in [-0.39, 0.29) is 12.3 Å². The van der Waals surface area contributed by atoms with Crippen molar-refractivity contribution in [2.45, 2.75) is 51.5 Å². The second-order valence-corrected chi connectivity index (χ2v) is 7.31. The molecule has 0 radical (unpaired) electrons. The van der Waals surface area contributed by atoms with E-state index in [1.165, 1.54) is 11.3 Å². The summed E-state index contributed by atoms with van der Waals surface area (Å²) in [6.45, 7) is 3.77. The van der Waals surface area contributed by atoms with Crippen LogP contribution in [0.2, 0.25) is 0 Å². The van der Waals surface area contributed by atoms with Gasteiger partial charge in [-0.3, -0.25) is 4.79 Å². The molecule has 1 N–H and O–H groups in total. The van der Waals surface area contributed by atoms with Crippen LogP contribution in [0.25, 0.3) is 0 Å². The molecule has 2 atom stereocenters. The standard InChI is InChI=1S/C14H18BrF2NOS/c1-3-10-9(15)7-11(20-10)13(19)18-12-8(2)5-4-6-14(12,16)17/h7-8,12H,3-6H2,1-2H3,(H,18,19)/t8-,12?/m0/s1. The average Bonchev–Trinajstić information content (AvgIpc) is 2.75. The molecule has 1 aliphatic carbocycles. The third-order valence-corrected chi connectivity index (χ3v) is 6.03.